The fourth-order valence-corrected chi connectivity index (χ4v) is 4.08. The van der Waals surface area contributed by atoms with Crippen LogP contribution in [0, 0.1) is 12.7 Å². The number of hydrogen-bond acceptors (Lipinski definition) is 4. The third kappa shape index (κ3) is 6.05. The van der Waals surface area contributed by atoms with E-state index in [1.165, 1.54) is 42.5 Å². The van der Waals surface area contributed by atoms with Crippen LogP contribution in [0.25, 0.3) is 0 Å². The van der Waals surface area contributed by atoms with Gasteiger partial charge in [-0.1, -0.05) is 30.3 Å². The molecule has 31 heavy (non-hydrogen) atoms. The van der Waals surface area contributed by atoms with Gasteiger partial charge < -0.3 is 10.1 Å². The molecule has 1 amide bonds. The molecule has 3 aromatic rings. The van der Waals surface area contributed by atoms with Crippen molar-refractivity contribution in [3.05, 3.63) is 89.7 Å². The SMILES string of the molecule is Cc1cc(S(=O)(=O)Nc2ccc(F)cc2)ccc1OCC(=O)N[C@@H](C)c1ccccc1. The molecule has 0 unspecified atom stereocenters. The van der Waals surface area contributed by atoms with Gasteiger partial charge in [0.05, 0.1) is 10.9 Å². The zero-order chi connectivity index (χ0) is 22.4. The maximum Gasteiger partial charge on any atom is 0.261 e. The standard InChI is InChI=1S/C23H23FN2O4S/c1-16-14-21(31(28,29)26-20-10-8-19(24)9-11-20)12-13-22(16)30-15-23(27)25-17(2)18-6-4-3-5-7-18/h3-14,17,26H,15H2,1-2H3,(H,25,27)/t17-/m0/s1. The summed E-state index contributed by atoms with van der Waals surface area (Å²) in [6, 6.07) is 18.8. The van der Waals surface area contributed by atoms with Crippen LogP contribution in [0.1, 0.15) is 24.1 Å². The van der Waals surface area contributed by atoms with Gasteiger partial charge in [0.15, 0.2) is 6.61 Å². The molecule has 3 aromatic carbocycles. The summed E-state index contributed by atoms with van der Waals surface area (Å²) >= 11 is 0. The number of anilines is 1. The molecular formula is C23H23FN2O4S. The summed E-state index contributed by atoms with van der Waals surface area (Å²) in [4.78, 5) is 12.2. The lowest BCUT2D eigenvalue weighted by molar-refractivity contribution is -0.123. The van der Waals surface area contributed by atoms with Crippen LogP contribution in [0.2, 0.25) is 0 Å². The molecule has 0 radical (unpaired) electrons. The molecule has 0 aromatic heterocycles. The molecule has 0 spiro atoms. The van der Waals surface area contributed by atoms with Crippen molar-refractivity contribution in [1.29, 1.82) is 0 Å². The van der Waals surface area contributed by atoms with Crippen molar-refractivity contribution in [2.75, 3.05) is 11.3 Å². The highest BCUT2D eigenvalue weighted by Crippen LogP contribution is 2.24. The molecule has 0 aliphatic carbocycles. The van der Waals surface area contributed by atoms with Crippen LogP contribution in [-0.4, -0.2) is 20.9 Å². The Hall–Kier alpha value is -3.39. The summed E-state index contributed by atoms with van der Waals surface area (Å²) in [7, 11) is -3.85. The minimum atomic E-state index is -3.85. The van der Waals surface area contributed by atoms with Crippen molar-refractivity contribution in [2.45, 2.75) is 24.8 Å². The highest BCUT2D eigenvalue weighted by atomic mass is 32.2. The minimum absolute atomic E-state index is 0.0313. The lowest BCUT2D eigenvalue weighted by Gasteiger charge is -2.15. The van der Waals surface area contributed by atoms with E-state index in [1.807, 2.05) is 37.3 Å². The van der Waals surface area contributed by atoms with Crippen molar-refractivity contribution < 1.29 is 22.3 Å². The van der Waals surface area contributed by atoms with Gasteiger partial charge in [0.2, 0.25) is 0 Å². The first kappa shape index (κ1) is 22.3. The lowest BCUT2D eigenvalue weighted by Crippen LogP contribution is -2.31. The van der Waals surface area contributed by atoms with Crippen molar-refractivity contribution in [1.82, 2.24) is 5.32 Å². The molecule has 162 valence electrons. The van der Waals surface area contributed by atoms with Gasteiger partial charge in [0.1, 0.15) is 11.6 Å². The van der Waals surface area contributed by atoms with Crippen molar-refractivity contribution in [3.8, 4) is 5.75 Å². The first-order valence-corrected chi connectivity index (χ1v) is 11.1. The van der Waals surface area contributed by atoms with Crippen molar-refractivity contribution in [3.63, 3.8) is 0 Å². The van der Waals surface area contributed by atoms with E-state index in [0.29, 0.717) is 11.3 Å². The van der Waals surface area contributed by atoms with E-state index in [9.17, 15) is 17.6 Å². The molecule has 0 saturated carbocycles. The van der Waals surface area contributed by atoms with Crippen LogP contribution in [-0.2, 0) is 14.8 Å². The van der Waals surface area contributed by atoms with E-state index in [1.54, 1.807) is 6.92 Å². The summed E-state index contributed by atoms with van der Waals surface area (Å²) < 4.78 is 46.1. The monoisotopic (exact) mass is 442 g/mol. The molecule has 0 fully saturated rings. The minimum Gasteiger partial charge on any atom is -0.484 e. The summed E-state index contributed by atoms with van der Waals surface area (Å²) in [5.74, 6) is -0.337. The second-order valence-corrected chi connectivity index (χ2v) is 8.71. The molecule has 0 aliphatic rings. The van der Waals surface area contributed by atoms with E-state index < -0.39 is 15.8 Å². The Morgan fingerprint density at radius 1 is 1.03 bits per heavy atom. The molecule has 3 rings (SSSR count). The lowest BCUT2D eigenvalue weighted by atomic mass is 10.1. The van der Waals surface area contributed by atoms with Gasteiger partial charge in [-0.3, -0.25) is 9.52 Å². The molecule has 8 heteroatoms. The molecule has 0 heterocycles. The molecule has 2 N–H and O–H groups in total. The Labute approximate surface area is 181 Å². The third-order valence-electron chi connectivity index (χ3n) is 4.59. The number of carbonyl (C=O) groups excluding carboxylic acids is 1. The largest absolute Gasteiger partial charge is 0.484 e. The number of sulfonamides is 1. The van der Waals surface area contributed by atoms with E-state index in [4.69, 9.17) is 4.74 Å². The van der Waals surface area contributed by atoms with Crippen LogP contribution >= 0.6 is 0 Å². The van der Waals surface area contributed by atoms with Crippen molar-refractivity contribution >= 4 is 21.6 Å². The topological polar surface area (TPSA) is 84.5 Å². The molecule has 0 bridgehead atoms. The Morgan fingerprint density at radius 2 is 1.71 bits per heavy atom. The summed E-state index contributed by atoms with van der Waals surface area (Å²) in [5.41, 5.74) is 1.80. The van der Waals surface area contributed by atoms with Gasteiger partial charge in [0, 0.05) is 5.69 Å². The predicted octanol–water partition coefficient (Wildman–Crippen LogP) is 4.19. The first-order valence-electron chi connectivity index (χ1n) is 9.61. The van der Waals surface area contributed by atoms with E-state index in [0.717, 1.165) is 5.56 Å². The maximum absolute atomic E-state index is 13.0. The third-order valence-corrected chi connectivity index (χ3v) is 5.97. The highest BCUT2D eigenvalue weighted by Gasteiger charge is 2.17. The van der Waals surface area contributed by atoms with Gasteiger partial charge >= 0.3 is 0 Å². The molecule has 0 aliphatic heterocycles. The average Bonchev–Trinajstić information content (AvgIpc) is 2.75. The first-order chi connectivity index (χ1) is 14.7. The predicted molar refractivity (Wildman–Crippen MR) is 117 cm³/mol. The fourth-order valence-electron chi connectivity index (χ4n) is 2.93. The number of ether oxygens (including phenoxy) is 1. The molecule has 1 atom stereocenters. The normalized spacial score (nSPS) is 12.1. The van der Waals surface area contributed by atoms with Crippen LogP contribution in [0.5, 0.6) is 5.75 Å². The number of rotatable bonds is 8. The molecule has 0 saturated heterocycles. The highest BCUT2D eigenvalue weighted by molar-refractivity contribution is 7.92. The Morgan fingerprint density at radius 3 is 2.35 bits per heavy atom. The smallest absolute Gasteiger partial charge is 0.261 e. The number of amides is 1. The van der Waals surface area contributed by atoms with Crippen LogP contribution in [0.3, 0.4) is 0 Å². The second-order valence-electron chi connectivity index (χ2n) is 7.03. The summed E-state index contributed by atoms with van der Waals surface area (Å²) in [6.45, 7) is 3.38. The zero-order valence-corrected chi connectivity index (χ0v) is 17.9. The maximum atomic E-state index is 13.0. The summed E-state index contributed by atoms with van der Waals surface area (Å²) in [6.07, 6.45) is 0. The van der Waals surface area contributed by atoms with E-state index in [-0.39, 0.29) is 29.1 Å². The fraction of sp³-hybridized carbons (Fsp3) is 0.174. The van der Waals surface area contributed by atoms with Crippen LogP contribution in [0.4, 0.5) is 10.1 Å². The van der Waals surface area contributed by atoms with Gasteiger partial charge in [-0.25, -0.2) is 12.8 Å². The zero-order valence-electron chi connectivity index (χ0n) is 17.1. The van der Waals surface area contributed by atoms with Crippen LogP contribution < -0.4 is 14.8 Å². The Kier molecular flexibility index (Phi) is 6.91. The Balaban J connectivity index is 1.61. The molecule has 6 nitrogen and oxygen atoms in total. The Bertz CT molecular complexity index is 1150. The number of carbonyl (C=O) groups is 1. The number of nitrogens with one attached hydrogen (secondary N) is 2. The summed E-state index contributed by atoms with van der Waals surface area (Å²) in [5, 5.41) is 2.86. The second kappa shape index (κ2) is 9.61. The van der Waals surface area contributed by atoms with Gasteiger partial charge in [-0.2, -0.15) is 0 Å². The van der Waals surface area contributed by atoms with Crippen LogP contribution in [0.15, 0.2) is 77.7 Å². The van der Waals surface area contributed by atoms with Crippen molar-refractivity contribution in [2.24, 2.45) is 0 Å². The van der Waals surface area contributed by atoms with E-state index in [2.05, 4.69) is 10.0 Å². The average molecular weight is 443 g/mol. The van der Waals surface area contributed by atoms with Gasteiger partial charge in [-0.05, 0) is 67.4 Å². The van der Waals surface area contributed by atoms with Gasteiger partial charge in [-0.15, -0.1) is 0 Å². The quantitative estimate of drug-likeness (QED) is 0.548. The number of benzene rings is 3. The number of halogens is 1. The number of hydrogen-bond donors (Lipinski definition) is 2. The van der Waals surface area contributed by atoms with Gasteiger partial charge in [0.25, 0.3) is 15.9 Å². The molecular weight excluding hydrogens is 419 g/mol. The number of aryl methyl sites for hydroxylation is 1. The van der Waals surface area contributed by atoms with E-state index >= 15 is 0 Å².